The van der Waals surface area contributed by atoms with Crippen LogP contribution in [0.3, 0.4) is 0 Å². The second-order valence-corrected chi connectivity index (χ2v) is 6.84. The summed E-state index contributed by atoms with van der Waals surface area (Å²) in [6.45, 7) is 4.22. The van der Waals surface area contributed by atoms with Gasteiger partial charge in [-0.05, 0) is 43.5 Å². The molecule has 132 valence electrons. The normalized spacial score (nSPS) is 18.3. The Morgan fingerprint density at radius 1 is 1.32 bits per heavy atom. The number of fused-ring (bicyclic) bond motifs is 1. The second-order valence-electron chi connectivity index (χ2n) is 6.06. The third-order valence-corrected chi connectivity index (χ3v) is 5.16. The Balaban J connectivity index is 0.00000312. The molecule has 0 bridgehead atoms. The van der Waals surface area contributed by atoms with Crippen molar-refractivity contribution in [3.63, 3.8) is 0 Å². The van der Waals surface area contributed by atoms with Gasteiger partial charge >= 0.3 is 35.5 Å². The molecule has 25 heavy (non-hydrogen) atoms. The Morgan fingerprint density at radius 2 is 2.08 bits per heavy atom. The molecule has 1 aromatic carbocycles. The van der Waals surface area contributed by atoms with Crippen molar-refractivity contribution in [2.75, 3.05) is 7.11 Å². The van der Waals surface area contributed by atoms with Crippen LogP contribution in [0.2, 0.25) is 0 Å². The molecule has 1 heterocycles. The van der Waals surface area contributed by atoms with Crippen molar-refractivity contribution in [3.05, 3.63) is 23.8 Å². The molecule has 0 aliphatic carbocycles. The minimum absolute atomic E-state index is 0. The molecule has 2 rings (SSSR count). The van der Waals surface area contributed by atoms with Crippen LogP contribution in [0.5, 0.6) is 0 Å². The molecule has 0 fully saturated rings. The van der Waals surface area contributed by atoms with Gasteiger partial charge in [0, 0.05) is 22.4 Å². The molecule has 0 amide bonds. The van der Waals surface area contributed by atoms with Gasteiger partial charge in [-0.3, -0.25) is 14.8 Å². The monoisotopic (exact) mass is 375 g/mol. The van der Waals surface area contributed by atoms with Crippen molar-refractivity contribution < 1.29 is 53.7 Å². The van der Waals surface area contributed by atoms with Crippen LogP contribution < -0.4 is 34.8 Å². The summed E-state index contributed by atoms with van der Waals surface area (Å²) in [5, 5.41) is 13.4. The summed E-state index contributed by atoms with van der Waals surface area (Å²) < 4.78 is 9.05. The van der Waals surface area contributed by atoms with Gasteiger partial charge in [-0.1, -0.05) is 19.8 Å². The Hall–Kier alpha value is -0.410. The number of nitrogens with zero attached hydrogens (tertiary/aromatic N) is 1. The SMILES string of the molecule is COC(=O)CCCCCC1(C)C(C)=Nc2ccc(SOO[O-])cc21.[Na+]. The maximum atomic E-state index is 11.1. The number of esters is 1. The maximum absolute atomic E-state index is 11.1. The van der Waals surface area contributed by atoms with Gasteiger partial charge in [0.25, 0.3) is 0 Å². The van der Waals surface area contributed by atoms with E-state index < -0.39 is 0 Å². The number of hydrogen-bond acceptors (Lipinski definition) is 7. The Morgan fingerprint density at radius 3 is 2.76 bits per heavy atom. The molecule has 0 spiro atoms. The van der Waals surface area contributed by atoms with Crippen molar-refractivity contribution in [2.24, 2.45) is 4.99 Å². The smallest absolute Gasteiger partial charge is 0.691 e. The zero-order valence-electron chi connectivity index (χ0n) is 15.2. The van der Waals surface area contributed by atoms with Gasteiger partial charge in [-0.25, -0.2) is 0 Å². The fraction of sp³-hybridized carbons (Fsp3) is 0.529. The summed E-state index contributed by atoms with van der Waals surface area (Å²) in [7, 11) is 1.41. The van der Waals surface area contributed by atoms with Crippen molar-refractivity contribution in [1.29, 1.82) is 0 Å². The predicted molar refractivity (Wildman–Crippen MR) is 89.7 cm³/mol. The number of carbonyl (C=O) groups is 1. The average Bonchev–Trinajstić information content (AvgIpc) is 2.83. The van der Waals surface area contributed by atoms with E-state index in [1.54, 1.807) is 0 Å². The van der Waals surface area contributed by atoms with Crippen molar-refractivity contribution >= 4 is 29.4 Å². The molecule has 6 nitrogen and oxygen atoms in total. The topological polar surface area (TPSA) is 80.2 Å². The van der Waals surface area contributed by atoms with Crippen molar-refractivity contribution in [1.82, 2.24) is 0 Å². The number of benzene rings is 1. The molecule has 1 aliphatic heterocycles. The van der Waals surface area contributed by atoms with Crippen LogP contribution in [-0.4, -0.2) is 18.8 Å². The molecular formula is C17H22NNaO5S. The second kappa shape index (κ2) is 10.7. The van der Waals surface area contributed by atoms with Crippen LogP contribution in [-0.2, 0) is 24.3 Å². The summed E-state index contributed by atoms with van der Waals surface area (Å²) in [5.74, 6) is -0.160. The summed E-state index contributed by atoms with van der Waals surface area (Å²) in [6.07, 6.45) is 4.20. The van der Waals surface area contributed by atoms with E-state index >= 15 is 0 Å². The number of rotatable bonds is 9. The van der Waals surface area contributed by atoms with Crippen LogP contribution >= 0.6 is 12.0 Å². The van der Waals surface area contributed by atoms with Gasteiger partial charge < -0.3 is 9.99 Å². The molecule has 0 N–H and O–H groups in total. The summed E-state index contributed by atoms with van der Waals surface area (Å²) in [4.78, 5) is 16.6. The average molecular weight is 375 g/mol. The van der Waals surface area contributed by atoms with E-state index in [1.807, 2.05) is 25.1 Å². The number of unbranched alkanes of at least 4 members (excludes halogenated alkanes) is 2. The molecule has 0 aromatic heterocycles. The molecule has 0 saturated carbocycles. The van der Waals surface area contributed by atoms with E-state index in [0.717, 1.165) is 59.6 Å². The third-order valence-electron chi connectivity index (χ3n) is 4.59. The molecule has 1 unspecified atom stereocenters. The van der Waals surface area contributed by atoms with Crippen LogP contribution in [0.15, 0.2) is 28.1 Å². The molecular weight excluding hydrogens is 353 g/mol. The number of methoxy groups -OCH3 is 1. The van der Waals surface area contributed by atoms with Gasteiger partial charge in [0.2, 0.25) is 0 Å². The largest absolute Gasteiger partial charge is 1.00 e. The molecule has 1 atom stereocenters. The minimum Gasteiger partial charge on any atom is -0.691 e. The van der Waals surface area contributed by atoms with Gasteiger partial charge in [-0.2, -0.15) is 4.33 Å². The van der Waals surface area contributed by atoms with E-state index in [4.69, 9.17) is 0 Å². The summed E-state index contributed by atoms with van der Waals surface area (Å²) in [5.41, 5.74) is 3.02. The van der Waals surface area contributed by atoms with Crippen molar-refractivity contribution in [3.8, 4) is 0 Å². The Bertz CT molecular complexity index is 625. The maximum Gasteiger partial charge on any atom is 1.00 e. The van der Waals surface area contributed by atoms with Crippen LogP contribution in [0.25, 0.3) is 0 Å². The van der Waals surface area contributed by atoms with Crippen molar-refractivity contribution in [2.45, 2.75) is 56.3 Å². The fourth-order valence-electron chi connectivity index (χ4n) is 3.00. The minimum atomic E-state index is -0.160. The Labute approximate surface area is 174 Å². The quantitative estimate of drug-likeness (QED) is 0.155. The molecule has 1 aliphatic rings. The van der Waals surface area contributed by atoms with E-state index in [2.05, 4.69) is 26.0 Å². The molecule has 1 aromatic rings. The summed E-state index contributed by atoms with van der Waals surface area (Å²) in [6, 6.07) is 5.77. The molecule has 0 radical (unpaired) electrons. The van der Waals surface area contributed by atoms with Crippen LogP contribution in [0, 0.1) is 0 Å². The van der Waals surface area contributed by atoms with Gasteiger partial charge in [0.1, 0.15) is 0 Å². The van der Waals surface area contributed by atoms with Gasteiger partial charge in [0.15, 0.2) is 0 Å². The predicted octanol–water partition coefficient (Wildman–Crippen LogP) is 0.408. The first-order valence-corrected chi connectivity index (χ1v) is 8.65. The van der Waals surface area contributed by atoms with E-state index in [1.165, 1.54) is 7.11 Å². The Kier molecular flexibility index (Phi) is 9.66. The van der Waals surface area contributed by atoms with Crippen LogP contribution in [0.1, 0.15) is 51.5 Å². The standard InChI is InChI=1S/C17H23NO5S.Na/c1-12-17(2,10-6-4-5-7-16(19)21-3)14-11-13(24-23-22-20)8-9-15(14)18-12;/h8-9,11,20H,4-7,10H2,1-3H3;/q;+1/p-1. The van der Waals surface area contributed by atoms with E-state index in [9.17, 15) is 10.1 Å². The molecule has 0 saturated heterocycles. The van der Waals surface area contributed by atoms with Crippen LogP contribution in [0.4, 0.5) is 5.69 Å². The van der Waals surface area contributed by atoms with E-state index in [0.29, 0.717) is 6.42 Å². The molecule has 8 heteroatoms. The number of aliphatic imine (C=N–C) groups is 1. The summed E-state index contributed by atoms with van der Waals surface area (Å²) >= 11 is 0.889. The third kappa shape index (κ3) is 5.79. The van der Waals surface area contributed by atoms with E-state index in [-0.39, 0.29) is 40.9 Å². The van der Waals surface area contributed by atoms with Gasteiger partial charge in [-0.15, -0.1) is 0 Å². The zero-order chi connectivity index (χ0) is 17.6. The first-order chi connectivity index (χ1) is 11.5. The van der Waals surface area contributed by atoms with Gasteiger partial charge in [0.05, 0.1) is 24.8 Å². The fourth-order valence-corrected chi connectivity index (χ4v) is 3.40. The first kappa shape index (κ1) is 22.6. The first-order valence-electron chi connectivity index (χ1n) is 7.91. The zero-order valence-corrected chi connectivity index (χ0v) is 18.0. The number of hydrogen-bond donors (Lipinski definition) is 0. The number of carbonyl (C=O) groups excluding carboxylic acids is 1. The number of ether oxygens (including phenoxy) is 1.